The van der Waals surface area contributed by atoms with Crippen molar-refractivity contribution in [3.05, 3.63) is 45.4 Å². The lowest BCUT2D eigenvalue weighted by molar-refractivity contribution is 0.239. The molecule has 2 N–H and O–H groups in total. The van der Waals surface area contributed by atoms with Gasteiger partial charge in [-0.05, 0) is 38.8 Å². The highest BCUT2D eigenvalue weighted by Gasteiger charge is 2.08. The van der Waals surface area contributed by atoms with Crippen molar-refractivity contribution < 1.29 is 4.74 Å². The van der Waals surface area contributed by atoms with Crippen LogP contribution in [-0.2, 0) is 19.5 Å². The van der Waals surface area contributed by atoms with Gasteiger partial charge in [-0.2, -0.15) is 0 Å². The van der Waals surface area contributed by atoms with E-state index in [1.807, 2.05) is 13.8 Å². The van der Waals surface area contributed by atoms with Crippen LogP contribution in [-0.4, -0.2) is 24.1 Å². The first-order chi connectivity index (χ1) is 12.0. The number of hydrogen-bond acceptors (Lipinski definition) is 4. The van der Waals surface area contributed by atoms with Gasteiger partial charge in [-0.1, -0.05) is 19.1 Å². The van der Waals surface area contributed by atoms with E-state index >= 15 is 0 Å². The van der Waals surface area contributed by atoms with Crippen LogP contribution in [0.1, 0.15) is 42.6 Å². The zero-order chi connectivity index (χ0) is 18.2. The summed E-state index contributed by atoms with van der Waals surface area (Å²) in [7, 11) is 1.77. The maximum Gasteiger partial charge on any atom is 0.191 e. The smallest absolute Gasteiger partial charge is 0.191 e. The average molecular weight is 361 g/mol. The Morgan fingerprint density at radius 1 is 1.28 bits per heavy atom. The van der Waals surface area contributed by atoms with Crippen LogP contribution < -0.4 is 15.4 Å². The minimum atomic E-state index is 0.149. The van der Waals surface area contributed by atoms with E-state index in [1.54, 1.807) is 18.4 Å². The van der Waals surface area contributed by atoms with Crippen LogP contribution in [0.4, 0.5) is 0 Å². The van der Waals surface area contributed by atoms with Gasteiger partial charge in [0.1, 0.15) is 5.75 Å². The maximum absolute atomic E-state index is 5.93. The van der Waals surface area contributed by atoms with E-state index in [9.17, 15) is 0 Å². The van der Waals surface area contributed by atoms with Crippen molar-refractivity contribution in [3.63, 3.8) is 0 Å². The molecule has 136 valence electrons. The van der Waals surface area contributed by atoms with Crippen LogP contribution in [0.2, 0.25) is 0 Å². The fourth-order valence-electron chi connectivity index (χ4n) is 2.34. The number of aromatic nitrogens is 1. The van der Waals surface area contributed by atoms with Crippen molar-refractivity contribution in [2.24, 2.45) is 4.99 Å². The molecule has 2 rings (SSSR count). The van der Waals surface area contributed by atoms with E-state index in [-0.39, 0.29) is 6.10 Å². The van der Waals surface area contributed by atoms with Gasteiger partial charge < -0.3 is 15.4 Å². The lowest BCUT2D eigenvalue weighted by Gasteiger charge is -2.17. The first-order valence-corrected chi connectivity index (χ1v) is 9.53. The van der Waals surface area contributed by atoms with Gasteiger partial charge in [0.15, 0.2) is 5.96 Å². The number of benzene rings is 1. The van der Waals surface area contributed by atoms with E-state index in [4.69, 9.17) is 4.74 Å². The van der Waals surface area contributed by atoms with Crippen LogP contribution in [0.3, 0.4) is 0 Å². The monoisotopic (exact) mass is 360 g/mol. The molecule has 0 atom stereocenters. The maximum atomic E-state index is 5.93. The number of nitrogens with one attached hydrogen (secondary N) is 2. The number of aliphatic imine (C=N–C) groups is 1. The third kappa shape index (κ3) is 6.05. The molecule has 1 heterocycles. The van der Waals surface area contributed by atoms with Crippen LogP contribution in [0.5, 0.6) is 5.75 Å². The molecule has 0 unspecified atom stereocenters. The number of hydrogen-bond donors (Lipinski definition) is 2. The lowest BCUT2D eigenvalue weighted by atomic mass is 10.1. The molecule has 25 heavy (non-hydrogen) atoms. The Bertz CT molecular complexity index is 709. The molecular formula is C19H28N4OS. The highest BCUT2D eigenvalue weighted by Crippen LogP contribution is 2.21. The van der Waals surface area contributed by atoms with Gasteiger partial charge in [0, 0.05) is 24.5 Å². The van der Waals surface area contributed by atoms with Gasteiger partial charge in [-0.3, -0.25) is 4.99 Å². The largest absolute Gasteiger partial charge is 0.491 e. The Labute approximate surface area is 154 Å². The van der Waals surface area contributed by atoms with Crippen molar-refractivity contribution >= 4 is 17.3 Å². The molecule has 0 radical (unpaired) electrons. The topological polar surface area (TPSA) is 58.5 Å². The molecule has 0 fully saturated rings. The second-order valence-electron chi connectivity index (χ2n) is 6.14. The number of guanidine groups is 1. The summed E-state index contributed by atoms with van der Waals surface area (Å²) in [4.78, 5) is 8.85. The van der Waals surface area contributed by atoms with Gasteiger partial charge in [0.05, 0.1) is 23.4 Å². The number of rotatable bonds is 7. The fourth-order valence-corrected chi connectivity index (χ4v) is 3.08. The van der Waals surface area contributed by atoms with Crippen LogP contribution in [0.25, 0.3) is 0 Å². The molecule has 6 heteroatoms. The van der Waals surface area contributed by atoms with E-state index in [0.717, 1.165) is 34.4 Å². The molecule has 2 aromatic rings. The Morgan fingerprint density at radius 3 is 2.68 bits per heavy atom. The molecule has 0 bridgehead atoms. The number of nitrogens with zero attached hydrogens (tertiary/aromatic N) is 2. The van der Waals surface area contributed by atoms with Crippen molar-refractivity contribution in [2.45, 2.75) is 53.3 Å². The fraction of sp³-hybridized carbons (Fsp3) is 0.474. The molecule has 0 aliphatic rings. The van der Waals surface area contributed by atoms with Crippen LogP contribution >= 0.6 is 11.3 Å². The number of ether oxygens (including phenoxy) is 1. The van der Waals surface area contributed by atoms with E-state index in [0.29, 0.717) is 13.1 Å². The quantitative estimate of drug-likeness (QED) is 0.584. The summed E-state index contributed by atoms with van der Waals surface area (Å²) >= 11 is 1.70. The standard InChI is InChI=1S/C19H28N4OS/c1-6-18-23-16(12-25-18)11-22-19(20-5)21-10-15-8-7-14(4)9-17(15)24-13(2)3/h7-9,12-13H,6,10-11H2,1-5H3,(H2,20,21,22). The summed E-state index contributed by atoms with van der Waals surface area (Å²) in [5.74, 6) is 1.67. The van der Waals surface area contributed by atoms with Crippen LogP contribution in [0.15, 0.2) is 28.6 Å². The molecule has 1 aromatic carbocycles. The minimum absolute atomic E-state index is 0.149. The summed E-state index contributed by atoms with van der Waals surface area (Å²) < 4.78 is 5.93. The predicted octanol–water partition coefficient (Wildman–Crippen LogP) is 3.67. The summed E-state index contributed by atoms with van der Waals surface area (Å²) in [6, 6.07) is 6.28. The Morgan fingerprint density at radius 2 is 2.04 bits per heavy atom. The van der Waals surface area contributed by atoms with Gasteiger partial charge in [0.2, 0.25) is 0 Å². The normalized spacial score (nSPS) is 11.7. The SMILES string of the molecule is CCc1nc(CNC(=NC)NCc2ccc(C)cc2OC(C)C)cs1. The van der Waals surface area contributed by atoms with Gasteiger partial charge >= 0.3 is 0 Å². The Kier molecular flexibility index (Phi) is 7.25. The highest BCUT2D eigenvalue weighted by atomic mass is 32.1. The molecule has 0 spiro atoms. The summed E-state index contributed by atoms with van der Waals surface area (Å²) in [6.07, 6.45) is 1.12. The molecule has 0 saturated carbocycles. The number of aryl methyl sites for hydroxylation is 2. The summed E-state index contributed by atoms with van der Waals surface area (Å²) in [5, 5.41) is 9.90. The predicted molar refractivity (Wildman–Crippen MR) is 105 cm³/mol. The van der Waals surface area contributed by atoms with Gasteiger partial charge in [-0.15, -0.1) is 11.3 Å². The van der Waals surface area contributed by atoms with E-state index < -0.39 is 0 Å². The summed E-state index contributed by atoms with van der Waals surface area (Å²) in [5.41, 5.74) is 3.35. The lowest BCUT2D eigenvalue weighted by Crippen LogP contribution is -2.36. The first kappa shape index (κ1) is 19.2. The molecule has 1 aromatic heterocycles. The van der Waals surface area contributed by atoms with Crippen LogP contribution in [0, 0.1) is 6.92 Å². The van der Waals surface area contributed by atoms with E-state index in [2.05, 4.69) is 58.0 Å². The molecule has 0 amide bonds. The van der Waals surface area contributed by atoms with Crippen molar-refractivity contribution in [2.75, 3.05) is 7.05 Å². The second kappa shape index (κ2) is 9.42. The molecular weight excluding hydrogens is 332 g/mol. The third-order valence-corrected chi connectivity index (χ3v) is 4.64. The third-order valence-electron chi connectivity index (χ3n) is 3.59. The van der Waals surface area contributed by atoms with Crippen molar-refractivity contribution in [1.29, 1.82) is 0 Å². The van der Waals surface area contributed by atoms with Gasteiger partial charge in [0.25, 0.3) is 0 Å². The molecule has 0 aliphatic heterocycles. The Balaban J connectivity index is 1.94. The highest BCUT2D eigenvalue weighted by molar-refractivity contribution is 7.09. The van der Waals surface area contributed by atoms with E-state index in [1.165, 1.54) is 5.56 Å². The zero-order valence-electron chi connectivity index (χ0n) is 15.7. The minimum Gasteiger partial charge on any atom is -0.491 e. The number of thiazole rings is 1. The molecule has 0 saturated heterocycles. The van der Waals surface area contributed by atoms with Crippen molar-refractivity contribution in [1.82, 2.24) is 15.6 Å². The average Bonchev–Trinajstić information content (AvgIpc) is 3.04. The van der Waals surface area contributed by atoms with Gasteiger partial charge in [-0.25, -0.2) is 4.98 Å². The zero-order valence-corrected chi connectivity index (χ0v) is 16.5. The second-order valence-corrected chi connectivity index (χ2v) is 7.09. The van der Waals surface area contributed by atoms with Crippen molar-refractivity contribution in [3.8, 4) is 5.75 Å². The Hall–Kier alpha value is -2.08. The summed E-state index contributed by atoms with van der Waals surface area (Å²) in [6.45, 7) is 9.59. The molecule has 5 nitrogen and oxygen atoms in total. The molecule has 0 aliphatic carbocycles. The first-order valence-electron chi connectivity index (χ1n) is 8.65.